The maximum atomic E-state index is 12.7. The zero-order valence-corrected chi connectivity index (χ0v) is 16.4. The van der Waals surface area contributed by atoms with Gasteiger partial charge in [-0.2, -0.15) is 0 Å². The van der Waals surface area contributed by atoms with E-state index in [2.05, 4.69) is 15.6 Å². The lowest BCUT2D eigenvalue weighted by Gasteiger charge is -2.12. The fourth-order valence-electron chi connectivity index (χ4n) is 2.72. The van der Waals surface area contributed by atoms with Crippen molar-refractivity contribution in [1.29, 1.82) is 0 Å². The highest BCUT2D eigenvalue weighted by Gasteiger charge is 2.14. The number of nitrogens with one attached hydrogen (secondary N) is 2. The third-order valence-corrected chi connectivity index (χ3v) is 4.19. The number of pyridine rings is 1. The lowest BCUT2D eigenvalue weighted by atomic mass is 10.1. The lowest BCUT2D eigenvalue weighted by Crippen LogP contribution is -2.16. The van der Waals surface area contributed by atoms with E-state index < -0.39 is 5.91 Å². The first kappa shape index (κ1) is 19.9. The molecule has 2 aromatic carbocycles. The van der Waals surface area contributed by atoms with Gasteiger partial charge in [-0.05, 0) is 42.8 Å². The van der Waals surface area contributed by atoms with Crippen LogP contribution in [0.5, 0.6) is 11.5 Å². The first-order chi connectivity index (χ1) is 14.0. The molecule has 0 saturated carbocycles. The van der Waals surface area contributed by atoms with Crippen LogP contribution in [0.3, 0.4) is 0 Å². The number of hydrogen-bond donors (Lipinski definition) is 2. The van der Waals surface area contributed by atoms with E-state index in [4.69, 9.17) is 9.47 Å². The average Bonchev–Trinajstić information content (AvgIpc) is 2.73. The average molecular weight is 391 g/mol. The second kappa shape index (κ2) is 8.88. The summed E-state index contributed by atoms with van der Waals surface area (Å²) in [6.07, 6.45) is 2.81. The number of carbonyl (C=O) groups excluding carboxylic acids is 2. The summed E-state index contributed by atoms with van der Waals surface area (Å²) in [5.41, 5.74) is 2.67. The van der Waals surface area contributed by atoms with Gasteiger partial charge in [-0.1, -0.05) is 12.1 Å². The highest BCUT2D eigenvalue weighted by molar-refractivity contribution is 6.08. The van der Waals surface area contributed by atoms with Crippen LogP contribution in [-0.4, -0.2) is 31.0 Å². The van der Waals surface area contributed by atoms with Crippen LogP contribution in [0.1, 0.15) is 26.3 Å². The molecular formula is C22H21N3O4. The van der Waals surface area contributed by atoms with Crippen molar-refractivity contribution < 1.29 is 19.1 Å². The molecule has 0 aliphatic carbocycles. The van der Waals surface area contributed by atoms with Crippen LogP contribution in [0.2, 0.25) is 0 Å². The van der Waals surface area contributed by atoms with Crippen molar-refractivity contribution in [3.8, 4) is 11.5 Å². The number of nitrogens with zero attached hydrogens (tertiary/aromatic N) is 1. The Hall–Kier alpha value is -3.87. The van der Waals surface area contributed by atoms with Crippen LogP contribution < -0.4 is 20.1 Å². The van der Waals surface area contributed by atoms with Gasteiger partial charge < -0.3 is 20.1 Å². The molecule has 29 heavy (non-hydrogen) atoms. The number of carbonyl (C=O) groups is 2. The molecule has 0 bridgehead atoms. The van der Waals surface area contributed by atoms with E-state index in [9.17, 15) is 9.59 Å². The zero-order valence-electron chi connectivity index (χ0n) is 16.4. The minimum Gasteiger partial charge on any atom is -0.497 e. The van der Waals surface area contributed by atoms with Crippen molar-refractivity contribution in [1.82, 2.24) is 4.98 Å². The van der Waals surface area contributed by atoms with E-state index in [1.807, 2.05) is 25.1 Å². The van der Waals surface area contributed by atoms with Crippen molar-refractivity contribution in [3.63, 3.8) is 0 Å². The van der Waals surface area contributed by atoms with Crippen LogP contribution >= 0.6 is 0 Å². The number of aromatic nitrogens is 1. The Morgan fingerprint density at radius 2 is 1.59 bits per heavy atom. The molecule has 0 radical (unpaired) electrons. The Labute approximate surface area is 168 Å². The van der Waals surface area contributed by atoms with Gasteiger partial charge in [0.15, 0.2) is 0 Å². The van der Waals surface area contributed by atoms with Gasteiger partial charge in [-0.15, -0.1) is 0 Å². The summed E-state index contributed by atoms with van der Waals surface area (Å²) in [5.74, 6) is 0.289. The molecule has 0 aliphatic heterocycles. The maximum Gasteiger partial charge on any atom is 0.257 e. The molecule has 0 aliphatic rings. The Bertz CT molecular complexity index is 1050. The number of rotatable bonds is 6. The topological polar surface area (TPSA) is 89.6 Å². The molecule has 0 fully saturated rings. The first-order valence-electron chi connectivity index (χ1n) is 8.86. The molecule has 148 valence electrons. The largest absolute Gasteiger partial charge is 0.497 e. The number of anilines is 2. The van der Waals surface area contributed by atoms with Gasteiger partial charge in [0, 0.05) is 24.1 Å². The lowest BCUT2D eigenvalue weighted by molar-refractivity contribution is 0.102. The molecule has 3 rings (SSSR count). The van der Waals surface area contributed by atoms with E-state index >= 15 is 0 Å². The van der Waals surface area contributed by atoms with Crippen molar-refractivity contribution in [2.45, 2.75) is 6.92 Å². The zero-order chi connectivity index (χ0) is 20.8. The molecular weight excluding hydrogens is 370 g/mol. The van der Waals surface area contributed by atoms with E-state index in [0.29, 0.717) is 22.9 Å². The van der Waals surface area contributed by atoms with Crippen molar-refractivity contribution >= 4 is 23.2 Å². The van der Waals surface area contributed by atoms with Crippen LogP contribution in [-0.2, 0) is 0 Å². The normalized spacial score (nSPS) is 10.2. The van der Waals surface area contributed by atoms with Gasteiger partial charge in [-0.25, -0.2) is 0 Å². The van der Waals surface area contributed by atoms with E-state index in [0.717, 1.165) is 5.56 Å². The van der Waals surface area contributed by atoms with Gasteiger partial charge in [0.1, 0.15) is 11.5 Å². The SMILES string of the molecule is COc1ccc(OC)c(NC(=O)c2cncc(C(=O)Nc3cccc(C)c3)c2)c1. The molecule has 7 heteroatoms. The Kier molecular flexibility index (Phi) is 6.09. The number of benzene rings is 2. The van der Waals surface area contributed by atoms with Crippen molar-refractivity contribution in [2.24, 2.45) is 0 Å². The summed E-state index contributed by atoms with van der Waals surface area (Å²) in [5, 5.41) is 5.56. The van der Waals surface area contributed by atoms with Crippen molar-refractivity contribution in [2.75, 3.05) is 24.9 Å². The second-order valence-electron chi connectivity index (χ2n) is 6.31. The molecule has 2 N–H and O–H groups in total. The number of hydrogen-bond acceptors (Lipinski definition) is 5. The van der Waals surface area contributed by atoms with Gasteiger partial charge in [0.05, 0.1) is 31.0 Å². The minimum absolute atomic E-state index is 0.242. The predicted molar refractivity (Wildman–Crippen MR) is 111 cm³/mol. The summed E-state index contributed by atoms with van der Waals surface area (Å²) in [6.45, 7) is 1.94. The van der Waals surface area contributed by atoms with Gasteiger partial charge in [0.25, 0.3) is 11.8 Å². The molecule has 0 spiro atoms. The molecule has 1 aromatic heterocycles. The van der Waals surface area contributed by atoms with E-state index in [1.54, 1.807) is 24.3 Å². The maximum absolute atomic E-state index is 12.7. The third-order valence-electron chi connectivity index (χ3n) is 4.19. The number of ether oxygens (including phenoxy) is 2. The minimum atomic E-state index is -0.422. The Morgan fingerprint density at radius 3 is 2.24 bits per heavy atom. The quantitative estimate of drug-likeness (QED) is 0.665. The monoisotopic (exact) mass is 391 g/mol. The summed E-state index contributed by atoms with van der Waals surface area (Å²) in [6, 6.07) is 14.0. The van der Waals surface area contributed by atoms with Gasteiger partial charge >= 0.3 is 0 Å². The fraction of sp³-hybridized carbons (Fsp3) is 0.136. The van der Waals surface area contributed by atoms with E-state index in [1.165, 1.54) is 32.7 Å². The van der Waals surface area contributed by atoms with Crippen LogP contribution in [0.25, 0.3) is 0 Å². The summed E-state index contributed by atoms with van der Waals surface area (Å²) in [4.78, 5) is 29.2. The predicted octanol–water partition coefficient (Wildman–Crippen LogP) is 3.91. The van der Waals surface area contributed by atoms with Crippen LogP contribution in [0, 0.1) is 6.92 Å². The van der Waals surface area contributed by atoms with Crippen LogP contribution in [0.15, 0.2) is 60.9 Å². The molecule has 1 heterocycles. The molecule has 0 atom stereocenters. The summed E-state index contributed by atoms with van der Waals surface area (Å²) in [7, 11) is 3.04. The van der Waals surface area contributed by atoms with Gasteiger partial charge in [-0.3, -0.25) is 14.6 Å². The summed E-state index contributed by atoms with van der Waals surface area (Å²) >= 11 is 0. The molecule has 7 nitrogen and oxygen atoms in total. The number of aryl methyl sites for hydroxylation is 1. The first-order valence-corrected chi connectivity index (χ1v) is 8.86. The standard InChI is InChI=1S/C22H21N3O4/c1-14-5-4-6-17(9-14)24-21(26)15-10-16(13-23-12-15)22(27)25-19-11-18(28-2)7-8-20(19)29-3/h4-13H,1-3H3,(H,24,26)(H,25,27). The highest BCUT2D eigenvalue weighted by Crippen LogP contribution is 2.29. The molecule has 0 unspecified atom stereocenters. The number of methoxy groups -OCH3 is 2. The van der Waals surface area contributed by atoms with E-state index in [-0.39, 0.29) is 17.0 Å². The second-order valence-corrected chi connectivity index (χ2v) is 6.31. The van der Waals surface area contributed by atoms with Crippen LogP contribution in [0.4, 0.5) is 11.4 Å². The highest BCUT2D eigenvalue weighted by atomic mass is 16.5. The van der Waals surface area contributed by atoms with Crippen molar-refractivity contribution in [3.05, 3.63) is 77.6 Å². The third kappa shape index (κ3) is 4.90. The summed E-state index contributed by atoms with van der Waals surface area (Å²) < 4.78 is 10.5. The molecule has 3 aromatic rings. The number of amides is 2. The Morgan fingerprint density at radius 1 is 0.862 bits per heavy atom. The fourth-order valence-corrected chi connectivity index (χ4v) is 2.72. The molecule has 2 amide bonds. The Balaban J connectivity index is 1.78. The molecule has 0 saturated heterocycles. The smallest absolute Gasteiger partial charge is 0.257 e. The van der Waals surface area contributed by atoms with Gasteiger partial charge in [0.2, 0.25) is 0 Å².